The number of hydrogen-bond donors (Lipinski definition) is 1. The zero-order valence-electron chi connectivity index (χ0n) is 20.6. The van der Waals surface area contributed by atoms with Gasteiger partial charge in [-0.05, 0) is 67.4 Å². The molecule has 4 aliphatic rings. The van der Waals surface area contributed by atoms with Crippen LogP contribution in [-0.2, 0) is 24.0 Å². The summed E-state index contributed by atoms with van der Waals surface area (Å²) in [6, 6.07) is 0. The summed E-state index contributed by atoms with van der Waals surface area (Å²) < 4.78 is 5.20. The van der Waals surface area contributed by atoms with Gasteiger partial charge in [-0.2, -0.15) is 0 Å². The van der Waals surface area contributed by atoms with Crippen LogP contribution in [0.2, 0.25) is 0 Å². The number of nitrogens with zero attached hydrogens (tertiary/aromatic N) is 1. The van der Waals surface area contributed by atoms with E-state index in [1.54, 1.807) is 12.2 Å². The van der Waals surface area contributed by atoms with Crippen molar-refractivity contribution in [3.63, 3.8) is 0 Å². The Hall–Kier alpha value is -2.55. The van der Waals surface area contributed by atoms with Crippen LogP contribution in [0.25, 0.3) is 0 Å². The minimum atomic E-state index is -0.912. The molecule has 4 rings (SSSR count). The van der Waals surface area contributed by atoms with E-state index in [2.05, 4.69) is 25.6 Å². The van der Waals surface area contributed by atoms with E-state index >= 15 is 0 Å². The number of ether oxygens (including phenoxy) is 1. The Morgan fingerprint density at radius 2 is 2.06 bits per heavy atom. The van der Waals surface area contributed by atoms with Crippen LogP contribution in [0.1, 0.15) is 59.3 Å². The van der Waals surface area contributed by atoms with E-state index in [-0.39, 0.29) is 72.6 Å². The minimum Gasteiger partial charge on any atom is -0.458 e. The maximum absolute atomic E-state index is 13.3. The number of aliphatic hydroxyl groups is 1. The first kappa shape index (κ1) is 25.5. The predicted octanol–water partition coefficient (Wildman–Crippen LogP) is 3.23. The Balaban J connectivity index is 1.44. The molecule has 192 valence electrons. The van der Waals surface area contributed by atoms with Gasteiger partial charge in [0, 0.05) is 23.7 Å². The molecular formula is C26H35NO8. The van der Waals surface area contributed by atoms with Gasteiger partial charge >= 0.3 is 5.97 Å². The maximum Gasteiger partial charge on any atom is 0.306 e. The maximum atomic E-state index is 13.3. The Morgan fingerprint density at radius 3 is 2.77 bits per heavy atom. The van der Waals surface area contributed by atoms with Crippen molar-refractivity contribution in [3.05, 3.63) is 33.9 Å². The molecule has 0 amide bonds. The highest BCUT2D eigenvalue weighted by atomic mass is 16.9. The third-order valence-electron chi connectivity index (χ3n) is 9.28. The highest BCUT2D eigenvalue weighted by molar-refractivity contribution is 6.01. The second-order valence-electron chi connectivity index (χ2n) is 11.3. The van der Waals surface area contributed by atoms with Crippen LogP contribution in [0.5, 0.6) is 0 Å². The normalized spacial score (nSPS) is 39.7. The molecule has 0 heterocycles. The smallest absolute Gasteiger partial charge is 0.306 e. The summed E-state index contributed by atoms with van der Waals surface area (Å²) in [4.78, 5) is 51.6. The van der Waals surface area contributed by atoms with Crippen molar-refractivity contribution < 1.29 is 34.2 Å². The molecule has 3 fully saturated rings. The average molecular weight is 490 g/mol. The number of carbonyl (C=O) groups excluding carboxylic acids is 3. The van der Waals surface area contributed by atoms with Gasteiger partial charge in [0.1, 0.15) is 6.61 Å². The molecule has 3 saturated carbocycles. The third kappa shape index (κ3) is 4.55. The molecule has 9 heteroatoms. The molecule has 0 bridgehead atoms. The zero-order valence-corrected chi connectivity index (χ0v) is 20.6. The first-order valence-electron chi connectivity index (χ1n) is 12.6. The summed E-state index contributed by atoms with van der Waals surface area (Å²) in [6.45, 7) is 5.77. The van der Waals surface area contributed by atoms with Crippen molar-refractivity contribution in [1.29, 1.82) is 0 Å². The first-order valence-corrected chi connectivity index (χ1v) is 12.6. The molecule has 35 heavy (non-hydrogen) atoms. The quantitative estimate of drug-likeness (QED) is 0.238. The van der Waals surface area contributed by atoms with Crippen molar-refractivity contribution in [2.75, 3.05) is 13.2 Å². The number of Topliss-reactive ketones (excluding diaryl/α,β-unsaturated/α-hetero) is 1. The molecule has 8 unspecified atom stereocenters. The molecule has 0 aromatic carbocycles. The largest absolute Gasteiger partial charge is 0.458 e. The summed E-state index contributed by atoms with van der Waals surface area (Å²) in [5.74, 6) is -0.414. The first-order chi connectivity index (χ1) is 16.5. The van der Waals surface area contributed by atoms with Crippen LogP contribution in [0, 0.1) is 50.5 Å². The van der Waals surface area contributed by atoms with Gasteiger partial charge in [0.25, 0.3) is 5.09 Å². The highest BCUT2D eigenvalue weighted by Crippen LogP contribution is 2.67. The van der Waals surface area contributed by atoms with Crippen LogP contribution in [0.3, 0.4) is 0 Å². The fourth-order valence-electron chi connectivity index (χ4n) is 8.05. The summed E-state index contributed by atoms with van der Waals surface area (Å²) in [5, 5.41) is 20.7. The summed E-state index contributed by atoms with van der Waals surface area (Å²) in [7, 11) is 0. The van der Waals surface area contributed by atoms with Crippen LogP contribution in [0.15, 0.2) is 23.8 Å². The molecule has 0 saturated heterocycles. The monoisotopic (exact) mass is 489 g/mol. The zero-order chi connectivity index (χ0) is 25.5. The number of ketones is 2. The molecular weight excluding hydrogens is 454 g/mol. The molecule has 1 N–H and O–H groups in total. The highest BCUT2D eigenvalue weighted by Gasteiger charge is 2.64. The molecule has 8 atom stereocenters. The van der Waals surface area contributed by atoms with Gasteiger partial charge in [0.15, 0.2) is 11.6 Å². The van der Waals surface area contributed by atoms with E-state index in [0.29, 0.717) is 6.42 Å². The number of fused-ring (bicyclic) bond motifs is 5. The van der Waals surface area contributed by atoms with Gasteiger partial charge < -0.3 is 14.7 Å². The van der Waals surface area contributed by atoms with Gasteiger partial charge in [0.05, 0.1) is 12.7 Å². The van der Waals surface area contributed by atoms with E-state index < -0.39 is 22.6 Å². The number of carbonyl (C=O) groups is 3. The lowest BCUT2D eigenvalue weighted by Crippen LogP contribution is -2.56. The lowest BCUT2D eigenvalue weighted by molar-refractivity contribution is -0.757. The van der Waals surface area contributed by atoms with Crippen molar-refractivity contribution in [1.82, 2.24) is 0 Å². The Kier molecular flexibility index (Phi) is 6.92. The Labute approximate surface area is 205 Å². The molecule has 4 aliphatic carbocycles. The van der Waals surface area contributed by atoms with E-state index in [4.69, 9.17) is 4.74 Å². The molecule has 0 aromatic rings. The average Bonchev–Trinajstić information content (AvgIpc) is 3.04. The second kappa shape index (κ2) is 9.48. The molecule has 0 aliphatic heterocycles. The summed E-state index contributed by atoms with van der Waals surface area (Å²) >= 11 is 0. The van der Waals surface area contributed by atoms with Gasteiger partial charge in [-0.25, -0.2) is 0 Å². The Bertz CT molecular complexity index is 972. The SMILES string of the molecule is CC1CC2C3CCC4=CC(=O)C=CC4(C)C3C(O)CC2(C)C1C(=O)COC(=O)CCCO[N+](=O)[O-]. The predicted molar refractivity (Wildman–Crippen MR) is 124 cm³/mol. The molecule has 0 aromatic heterocycles. The number of hydrogen-bond acceptors (Lipinski definition) is 8. The van der Waals surface area contributed by atoms with Gasteiger partial charge in [-0.1, -0.05) is 32.4 Å². The summed E-state index contributed by atoms with van der Waals surface area (Å²) in [6.07, 6.45) is 7.89. The van der Waals surface area contributed by atoms with E-state index in [1.807, 2.05) is 6.08 Å². The number of allylic oxidation sites excluding steroid dienone is 4. The van der Waals surface area contributed by atoms with Crippen molar-refractivity contribution in [2.45, 2.75) is 65.4 Å². The number of aliphatic hydroxyl groups excluding tert-OH is 1. The van der Waals surface area contributed by atoms with E-state index in [1.165, 1.54) is 0 Å². The van der Waals surface area contributed by atoms with Crippen LogP contribution in [0.4, 0.5) is 0 Å². The third-order valence-corrected chi connectivity index (χ3v) is 9.28. The Morgan fingerprint density at radius 1 is 1.31 bits per heavy atom. The van der Waals surface area contributed by atoms with Crippen LogP contribution < -0.4 is 0 Å². The standard InChI is InChI=1S/C26H35NO8/c1-15-11-19-18-7-6-16-12-17(28)8-9-25(16,2)24(18)20(29)13-26(19,3)23(15)21(30)14-34-22(31)5-4-10-35-27(32)33/h8-9,12,15,18-20,23-24,29H,4-7,10-11,13-14H2,1-3H3. The van der Waals surface area contributed by atoms with E-state index in [9.17, 15) is 29.6 Å². The van der Waals surface area contributed by atoms with Gasteiger partial charge in [-0.15, -0.1) is 10.1 Å². The fourth-order valence-corrected chi connectivity index (χ4v) is 8.05. The van der Waals surface area contributed by atoms with Crippen LogP contribution >= 0.6 is 0 Å². The van der Waals surface area contributed by atoms with Crippen molar-refractivity contribution in [3.8, 4) is 0 Å². The van der Waals surface area contributed by atoms with Gasteiger partial charge in [-0.3, -0.25) is 14.4 Å². The molecule has 0 radical (unpaired) electrons. The fraction of sp³-hybridized carbons (Fsp3) is 0.731. The number of rotatable bonds is 8. The topological polar surface area (TPSA) is 133 Å². The van der Waals surface area contributed by atoms with Gasteiger partial charge in [0.2, 0.25) is 0 Å². The summed E-state index contributed by atoms with van der Waals surface area (Å²) in [5.41, 5.74) is 0.356. The molecule has 9 nitrogen and oxygen atoms in total. The lowest BCUT2D eigenvalue weighted by atomic mass is 9.46. The van der Waals surface area contributed by atoms with Crippen molar-refractivity contribution >= 4 is 17.5 Å². The molecule has 0 spiro atoms. The van der Waals surface area contributed by atoms with Crippen molar-refractivity contribution in [2.24, 2.45) is 40.4 Å². The number of esters is 1. The minimum absolute atomic E-state index is 0.00481. The van der Waals surface area contributed by atoms with Crippen LogP contribution in [-0.4, -0.2) is 47.0 Å². The second-order valence-corrected chi connectivity index (χ2v) is 11.3. The van der Waals surface area contributed by atoms with E-state index in [0.717, 1.165) is 24.8 Å². The lowest BCUT2D eigenvalue weighted by Gasteiger charge is -2.58.